The minimum absolute atomic E-state index is 0.0254. The normalized spacial score (nSPS) is 19.6. The van der Waals surface area contributed by atoms with E-state index in [1.165, 1.54) is 4.57 Å². The first-order chi connectivity index (χ1) is 14.2. The van der Waals surface area contributed by atoms with E-state index in [2.05, 4.69) is 10.3 Å². The van der Waals surface area contributed by atoms with Crippen molar-refractivity contribution in [3.63, 3.8) is 0 Å². The van der Waals surface area contributed by atoms with Crippen LogP contribution in [0, 0.1) is 5.41 Å². The van der Waals surface area contributed by atoms with E-state index in [-0.39, 0.29) is 11.2 Å². The Morgan fingerprint density at radius 1 is 1.10 bits per heavy atom. The first kappa shape index (κ1) is 20.0. The molecule has 0 bridgehead atoms. The molecule has 1 aliphatic heterocycles. The smallest absolute Gasteiger partial charge is 0.329 e. The van der Waals surface area contributed by atoms with Crippen LogP contribution >= 0.6 is 0 Å². The largest absolute Gasteiger partial charge is 0.497 e. The van der Waals surface area contributed by atoms with Gasteiger partial charge < -0.3 is 14.8 Å². The van der Waals surface area contributed by atoms with Crippen LogP contribution in [-0.2, 0) is 11.8 Å². The van der Waals surface area contributed by atoms with Crippen molar-refractivity contribution in [2.24, 2.45) is 12.5 Å². The van der Waals surface area contributed by atoms with Crippen LogP contribution < -0.4 is 26.0 Å². The van der Waals surface area contributed by atoms with Crippen molar-refractivity contribution < 1.29 is 14.3 Å². The third-order valence-electron chi connectivity index (χ3n) is 5.87. The Morgan fingerprint density at radius 3 is 2.50 bits per heavy atom. The van der Waals surface area contributed by atoms with Crippen LogP contribution in [0.3, 0.4) is 0 Å². The van der Waals surface area contributed by atoms with E-state index in [9.17, 15) is 14.4 Å². The Kier molecular flexibility index (Phi) is 4.60. The number of H-pyrrole nitrogens is 1. The molecule has 0 unspecified atom stereocenters. The minimum Gasteiger partial charge on any atom is -0.497 e. The van der Waals surface area contributed by atoms with Crippen LogP contribution in [0.1, 0.15) is 43.7 Å². The lowest BCUT2D eigenvalue weighted by Crippen LogP contribution is -2.41. The highest BCUT2D eigenvalue weighted by molar-refractivity contribution is 6.01. The number of hydrogen-bond acceptors (Lipinski definition) is 6. The number of ether oxygens (including phenoxy) is 2. The zero-order valence-corrected chi connectivity index (χ0v) is 17.7. The third-order valence-corrected chi connectivity index (χ3v) is 5.87. The molecule has 1 aromatic carbocycles. The van der Waals surface area contributed by atoms with E-state index < -0.39 is 17.2 Å². The summed E-state index contributed by atoms with van der Waals surface area (Å²) in [6, 6.07) is 5.29. The van der Waals surface area contributed by atoms with Gasteiger partial charge in [-0.15, -0.1) is 0 Å². The molecule has 2 N–H and O–H groups in total. The van der Waals surface area contributed by atoms with Gasteiger partial charge in [-0.05, 0) is 30.0 Å². The molecule has 8 heteroatoms. The number of carbonyl (C=O) groups excluding carboxylic acids is 1. The van der Waals surface area contributed by atoms with Crippen LogP contribution in [0.4, 0.5) is 5.82 Å². The highest BCUT2D eigenvalue weighted by atomic mass is 16.5. The molecule has 0 radical (unpaired) electrons. The minimum atomic E-state index is -0.680. The second-order valence-corrected chi connectivity index (χ2v) is 8.58. The van der Waals surface area contributed by atoms with Gasteiger partial charge in [0, 0.05) is 30.3 Å². The maximum atomic E-state index is 13.3. The molecule has 0 fully saturated rings. The summed E-state index contributed by atoms with van der Waals surface area (Å²) in [4.78, 5) is 40.9. The number of fused-ring (bicyclic) bond motifs is 1. The second kappa shape index (κ2) is 6.90. The van der Waals surface area contributed by atoms with Crippen LogP contribution in [0.25, 0.3) is 0 Å². The molecule has 0 saturated heterocycles. The molecule has 1 aliphatic carbocycles. The molecule has 2 heterocycles. The van der Waals surface area contributed by atoms with Gasteiger partial charge in [-0.1, -0.05) is 13.8 Å². The molecule has 4 rings (SSSR count). The summed E-state index contributed by atoms with van der Waals surface area (Å²) in [7, 11) is 4.68. The lowest BCUT2D eigenvalue weighted by molar-refractivity contribution is -0.118. The molecular formula is C22H25N3O5. The first-order valence-electron chi connectivity index (χ1n) is 9.75. The second-order valence-electron chi connectivity index (χ2n) is 8.58. The van der Waals surface area contributed by atoms with Gasteiger partial charge in [0.25, 0.3) is 5.56 Å². The maximum Gasteiger partial charge on any atom is 0.329 e. The molecular weight excluding hydrogens is 386 g/mol. The SMILES string of the molecule is COc1ccc(OC)c([C@@H]2C3=C(CC(C)(C)CC3=O)Nc3c2c(=O)[nH]c(=O)n3C)c1. The first-order valence-corrected chi connectivity index (χ1v) is 9.75. The quantitative estimate of drug-likeness (QED) is 0.804. The summed E-state index contributed by atoms with van der Waals surface area (Å²) >= 11 is 0. The summed E-state index contributed by atoms with van der Waals surface area (Å²) in [6.45, 7) is 4.06. The number of aromatic nitrogens is 2. The Morgan fingerprint density at radius 2 is 1.83 bits per heavy atom. The molecule has 0 spiro atoms. The average molecular weight is 411 g/mol. The number of benzene rings is 1. The predicted octanol–water partition coefficient (Wildman–Crippen LogP) is 2.29. The van der Waals surface area contributed by atoms with Gasteiger partial charge in [0.05, 0.1) is 25.7 Å². The fourth-order valence-corrected chi connectivity index (χ4v) is 4.50. The van der Waals surface area contributed by atoms with Crippen LogP contribution in [-0.4, -0.2) is 29.6 Å². The molecule has 158 valence electrons. The van der Waals surface area contributed by atoms with Crippen molar-refractivity contribution in [2.45, 2.75) is 32.6 Å². The highest BCUT2D eigenvalue weighted by Crippen LogP contribution is 2.49. The van der Waals surface area contributed by atoms with Gasteiger partial charge in [0.2, 0.25) is 0 Å². The highest BCUT2D eigenvalue weighted by Gasteiger charge is 2.43. The standard InChI is InChI=1S/C22H25N3O5/c1-22(2)9-13-17(14(26)10-22)16(12-8-11(29-4)6-7-15(12)30-5)18-19(23-13)25(3)21(28)24-20(18)27/h6-8,16,23H,9-10H2,1-5H3,(H,24,27,28)/t16-/m1/s1. The van der Waals surface area contributed by atoms with Crippen LogP contribution in [0.5, 0.6) is 11.5 Å². The average Bonchev–Trinajstić information content (AvgIpc) is 2.69. The van der Waals surface area contributed by atoms with Gasteiger partial charge in [0.15, 0.2) is 5.78 Å². The number of hydrogen-bond donors (Lipinski definition) is 2. The van der Waals surface area contributed by atoms with Crippen molar-refractivity contribution >= 4 is 11.6 Å². The van der Waals surface area contributed by atoms with Crippen LogP contribution in [0.15, 0.2) is 39.1 Å². The fourth-order valence-electron chi connectivity index (χ4n) is 4.50. The number of aromatic amines is 1. The molecule has 8 nitrogen and oxygen atoms in total. The number of anilines is 1. The zero-order chi connectivity index (χ0) is 21.8. The number of Topliss-reactive ketones (excluding diaryl/α,β-unsaturated/α-hetero) is 1. The van der Waals surface area contributed by atoms with Gasteiger partial charge in [-0.3, -0.25) is 19.1 Å². The summed E-state index contributed by atoms with van der Waals surface area (Å²) in [5, 5.41) is 3.23. The molecule has 2 aromatic rings. The molecule has 1 aromatic heterocycles. The Hall–Kier alpha value is -3.29. The number of nitrogens with zero attached hydrogens (tertiary/aromatic N) is 1. The lowest BCUT2D eigenvalue weighted by atomic mass is 9.69. The monoisotopic (exact) mass is 411 g/mol. The number of nitrogens with one attached hydrogen (secondary N) is 2. The van der Waals surface area contributed by atoms with Gasteiger partial charge in [-0.2, -0.15) is 0 Å². The molecule has 30 heavy (non-hydrogen) atoms. The predicted molar refractivity (Wildman–Crippen MR) is 112 cm³/mol. The van der Waals surface area contributed by atoms with E-state index in [1.54, 1.807) is 39.5 Å². The zero-order valence-electron chi connectivity index (χ0n) is 17.7. The Labute approximate surface area is 173 Å². The molecule has 0 saturated carbocycles. The number of rotatable bonds is 3. The Balaban J connectivity index is 2.09. The number of allylic oxidation sites excluding steroid dienone is 2. The number of ketones is 1. The van der Waals surface area contributed by atoms with Crippen molar-refractivity contribution in [3.8, 4) is 11.5 Å². The van der Waals surface area contributed by atoms with Crippen molar-refractivity contribution in [1.82, 2.24) is 9.55 Å². The molecule has 2 aliphatic rings. The van der Waals surface area contributed by atoms with Gasteiger partial charge in [-0.25, -0.2) is 4.79 Å². The summed E-state index contributed by atoms with van der Waals surface area (Å²) in [5.74, 6) is 0.801. The summed E-state index contributed by atoms with van der Waals surface area (Å²) in [5.41, 5.74) is 0.952. The van der Waals surface area contributed by atoms with Crippen molar-refractivity contribution in [1.29, 1.82) is 0 Å². The van der Waals surface area contributed by atoms with E-state index in [4.69, 9.17) is 9.47 Å². The van der Waals surface area contributed by atoms with Crippen molar-refractivity contribution in [3.05, 3.63) is 61.4 Å². The van der Waals surface area contributed by atoms with E-state index in [1.807, 2.05) is 13.8 Å². The number of carbonyl (C=O) groups is 1. The van der Waals surface area contributed by atoms with Crippen molar-refractivity contribution in [2.75, 3.05) is 19.5 Å². The summed E-state index contributed by atoms with van der Waals surface area (Å²) < 4.78 is 12.3. The van der Waals surface area contributed by atoms with E-state index in [0.717, 1.165) is 5.70 Å². The van der Waals surface area contributed by atoms with Gasteiger partial charge in [0.1, 0.15) is 17.3 Å². The van der Waals surface area contributed by atoms with E-state index >= 15 is 0 Å². The number of methoxy groups -OCH3 is 2. The molecule has 0 amide bonds. The van der Waals surface area contributed by atoms with E-state index in [0.29, 0.717) is 46.9 Å². The topological polar surface area (TPSA) is 102 Å². The maximum absolute atomic E-state index is 13.3. The lowest BCUT2D eigenvalue weighted by Gasteiger charge is -2.39. The van der Waals surface area contributed by atoms with Gasteiger partial charge >= 0.3 is 5.69 Å². The Bertz CT molecular complexity index is 1200. The fraction of sp³-hybridized carbons (Fsp3) is 0.409. The summed E-state index contributed by atoms with van der Waals surface area (Å²) in [6.07, 6.45) is 0.993. The molecule has 1 atom stereocenters. The van der Waals surface area contributed by atoms with Crippen LogP contribution in [0.2, 0.25) is 0 Å². The third kappa shape index (κ3) is 3.03.